The smallest absolute Gasteiger partial charge is 0.748 e. The minimum absolute atomic E-state index is 0. The molecule has 0 aromatic carbocycles. The van der Waals surface area contributed by atoms with Gasteiger partial charge in [-0.2, -0.15) is 0 Å². The van der Waals surface area contributed by atoms with Gasteiger partial charge >= 0.3 is 29.6 Å². The van der Waals surface area contributed by atoms with Crippen LogP contribution in [0.25, 0.3) is 0 Å². The zero-order chi connectivity index (χ0) is 9.45. The van der Waals surface area contributed by atoms with Crippen molar-refractivity contribution in [3.8, 4) is 0 Å². The Morgan fingerprint density at radius 3 is 2.31 bits per heavy atom. The maximum Gasteiger partial charge on any atom is 1.00 e. The maximum atomic E-state index is 10.1. The molecular formula is C8H15NaO3S. The van der Waals surface area contributed by atoms with Crippen LogP contribution in [0.15, 0.2) is 12.2 Å². The Kier molecular flexibility index (Phi) is 11.4. The van der Waals surface area contributed by atoms with Gasteiger partial charge in [-0.3, -0.25) is 0 Å². The largest absolute Gasteiger partial charge is 1.00 e. The molecule has 0 fully saturated rings. The average molecular weight is 214 g/mol. The van der Waals surface area contributed by atoms with Crippen molar-refractivity contribution >= 4 is 10.1 Å². The second kappa shape index (κ2) is 9.21. The van der Waals surface area contributed by atoms with Crippen LogP contribution in [0.4, 0.5) is 0 Å². The van der Waals surface area contributed by atoms with Crippen LogP contribution in [0, 0.1) is 0 Å². The molecule has 0 saturated carbocycles. The Morgan fingerprint density at radius 1 is 1.23 bits per heavy atom. The zero-order valence-corrected chi connectivity index (χ0v) is 11.1. The Balaban J connectivity index is 0. The molecule has 0 unspecified atom stereocenters. The molecule has 0 atom stereocenters. The molecule has 5 heteroatoms. The van der Waals surface area contributed by atoms with Crippen LogP contribution in [0.2, 0.25) is 0 Å². The molecule has 0 radical (unpaired) electrons. The summed E-state index contributed by atoms with van der Waals surface area (Å²) >= 11 is 0. The molecule has 13 heavy (non-hydrogen) atoms. The van der Waals surface area contributed by atoms with Crippen LogP contribution >= 0.6 is 0 Å². The molecule has 0 amide bonds. The van der Waals surface area contributed by atoms with E-state index in [9.17, 15) is 13.0 Å². The Hall–Kier alpha value is 0.650. The quantitative estimate of drug-likeness (QED) is 0.238. The van der Waals surface area contributed by atoms with E-state index in [1.807, 2.05) is 0 Å². The molecule has 0 aliphatic carbocycles. The third-order valence-corrected chi connectivity index (χ3v) is 2.04. The van der Waals surface area contributed by atoms with E-state index < -0.39 is 10.1 Å². The van der Waals surface area contributed by atoms with Crippen molar-refractivity contribution in [2.75, 3.05) is 5.75 Å². The fourth-order valence-corrected chi connectivity index (χ4v) is 1.19. The summed E-state index contributed by atoms with van der Waals surface area (Å²) < 4.78 is 30.3. The van der Waals surface area contributed by atoms with Gasteiger partial charge in [-0.05, 0) is 12.8 Å². The van der Waals surface area contributed by atoms with Crippen molar-refractivity contribution in [3.05, 3.63) is 12.2 Å². The molecule has 0 aliphatic heterocycles. The summed E-state index contributed by atoms with van der Waals surface area (Å²) in [5.41, 5.74) is 0. The summed E-state index contributed by atoms with van der Waals surface area (Å²) in [6.07, 6.45) is 7.40. The summed E-state index contributed by atoms with van der Waals surface area (Å²) in [7, 11) is -4.05. The minimum Gasteiger partial charge on any atom is -0.748 e. The summed E-state index contributed by atoms with van der Waals surface area (Å²) in [6, 6.07) is 0. The number of hydrogen-bond donors (Lipinski definition) is 0. The monoisotopic (exact) mass is 214 g/mol. The van der Waals surface area contributed by atoms with E-state index in [0.29, 0.717) is 0 Å². The Bertz CT molecular complexity index is 222. The van der Waals surface area contributed by atoms with Crippen LogP contribution in [0.3, 0.4) is 0 Å². The third kappa shape index (κ3) is 15.4. The second-order valence-corrected chi connectivity index (χ2v) is 4.14. The first-order valence-electron chi connectivity index (χ1n) is 4.15. The van der Waals surface area contributed by atoms with Gasteiger partial charge < -0.3 is 4.55 Å². The summed E-state index contributed by atoms with van der Waals surface area (Å²) in [6.45, 7) is 2.10. The molecule has 3 nitrogen and oxygen atoms in total. The average Bonchev–Trinajstić information content (AvgIpc) is 1.94. The molecule has 0 N–H and O–H groups in total. The predicted molar refractivity (Wildman–Crippen MR) is 47.8 cm³/mol. The van der Waals surface area contributed by atoms with Gasteiger partial charge in [0, 0.05) is 0 Å². The zero-order valence-electron chi connectivity index (χ0n) is 8.32. The van der Waals surface area contributed by atoms with E-state index in [2.05, 4.69) is 6.92 Å². The fraction of sp³-hybridized carbons (Fsp3) is 0.750. The van der Waals surface area contributed by atoms with E-state index in [-0.39, 0.29) is 35.3 Å². The van der Waals surface area contributed by atoms with Crippen LogP contribution < -0.4 is 29.6 Å². The normalized spacial score (nSPS) is 11.5. The van der Waals surface area contributed by atoms with Gasteiger partial charge in [0.15, 0.2) is 0 Å². The van der Waals surface area contributed by atoms with E-state index >= 15 is 0 Å². The summed E-state index contributed by atoms with van der Waals surface area (Å²) in [5, 5.41) is 0. The van der Waals surface area contributed by atoms with E-state index in [1.54, 1.807) is 6.08 Å². The fourth-order valence-electron chi connectivity index (χ4n) is 0.816. The molecule has 0 rings (SSSR count). The third-order valence-electron chi connectivity index (χ3n) is 1.44. The second-order valence-electron chi connectivity index (χ2n) is 2.69. The van der Waals surface area contributed by atoms with E-state index in [4.69, 9.17) is 0 Å². The number of hydrogen-bond acceptors (Lipinski definition) is 3. The SMILES string of the molecule is CCCCC/C=C/CS(=O)(=O)[O-].[Na+]. The molecule has 72 valence electrons. The minimum atomic E-state index is -4.05. The van der Waals surface area contributed by atoms with Gasteiger partial charge in [-0.1, -0.05) is 31.9 Å². The molecule has 0 heterocycles. The number of unbranched alkanes of at least 4 members (excludes halogenated alkanes) is 3. The Labute approximate surface area is 103 Å². The van der Waals surface area contributed by atoms with Gasteiger partial charge in [0.05, 0.1) is 15.9 Å². The van der Waals surface area contributed by atoms with Gasteiger partial charge in [-0.15, -0.1) is 0 Å². The van der Waals surface area contributed by atoms with Crippen molar-refractivity contribution in [1.29, 1.82) is 0 Å². The standard InChI is InChI=1S/C8H16O3S.Na/c1-2-3-4-5-6-7-8-12(9,10)11;/h6-7H,2-5,8H2,1H3,(H,9,10,11);/q;+1/p-1/b7-6+;. The first kappa shape index (κ1) is 16.1. The van der Waals surface area contributed by atoms with Crippen LogP contribution in [0.1, 0.15) is 32.6 Å². The van der Waals surface area contributed by atoms with Gasteiger partial charge in [-0.25, -0.2) is 8.42 Å². The van der Waals surface area contributed by atoms with Crippen LogP contribution in [-0.2, 0) is 10.1 Å². The van der Waals surface area contributed by atoms with Crippen LogP contribution in [0.5, 0.6) is 0 Å². The Morgan fingerprint density at radius 2 is 1.85 bits per heavy atom. The van der Waals surface area contributed by atoms with Gasteiger partial charge in [0.25, 0.3) is 0 Å². The molecule has 0 aromatic heterocycles. The first-order chi connectivity index (χ1) is 5.56. The van der Waals surface area contributed by atoms with E-state index in [1.165, 1.54) is 6.08 Å². The molecule has 0 saturated heterocycles. The van der Waals surface area contributed by atoms with Crippen molar-refractivity contribution in [2.24, 2.45) is 0 Å². The molecule has 0 bridgehead atoms. The van der Waals surface area contributed by atoms with Gasteiger partial charge in [0.2, 0.25) is 0 Å². The molecule has 0 aliphatic rings. The van der Waals surface area contributed by atoms with E-state index in [0.717, 1.165) is 25.7 Å². The molecule has 0 aromatic rings. The summed E-state index contributed by atoms with van der Waals surface area (Å²) in [4.78, 5) is 0. The van der Waals surface area contributed by atoms with Crippen molar-refractivity contribution < 1.29 is 42.5 Å². The maximum absolute atomic E-state index is 10.1. The van der Waals surface area contributed by atoms with Crippen molar-refractivity contribution in [3.63, 3.8) is 0 Å². The van der Waals surface area contributed by atoms with Crippen LogP contribution in [-0.4, -0.2) is 18.7 Å². The van der Waals surface area contributed by atoms with Gasteiger partial charge in [0.1, 0.15) is 0 Å². The molecular weight excluding hydrogens is 199 g/mol. The number of allylic oxidation sites excluding steroid dienone is 1. The van der Waals surface area contributed by atoms with Crippen molar-refractivity contribution in [1.82, 2.24) is 0 Å². The van der Waals surface area contributed by atoms with Crippen molar-refractivity contribution in [2.45, 2.75) is 32.6 Å². The summed E-state index contributed by atoms with van der Waals surface area (Å²) in [5.74, 6) is -0.376. The molecule has 0 spiro atoms. The topological polar surface area (TPSA) is 57.2 Å². The predicted octanol–water partition coefficient (Wildman–Crippen LogP) is -1.33. The number of rotatable bonds is 6. The first-order valence-corrected chi connectivity index (χ1v) is 5.72.